The van der Waals surface area contributed by atoms with Gasteiger partial charge in [0.2, 0.25) is 11.9 Å². The van der Waals surface area contributed by atoms with Gasteiger partial charge < -0.3 is 20.1 Å². The first kappa shape index (κ1) is 17.7. The summed E-state index contributed by atoms with van der Waals surface area (Å²) in [7, 11) is 1.60. The summed E-state index contributed by atoms with van der Waals surface area (Å²) in [5.74, 6) is -0.593. The zero-order chi connectivity index (χ0) is 18.5. The number of nitrogens with one attached hydrogen (secondary N) is 1. The predicted octanol–water partition coefficient (Wildman–Crippen LogP) is 0.896. The lowest BCUT2D eigenvalue weighted by molar-refractivity contribution is -0.128. The Kier molecular flexibility index (Phi) is 5.37. The van der Waals surface area contributed by atoms with Gasteiger partial charge in [-0.05, 0) is 18.2 Å². The number of carboxylic acid groups (broad SMARTS) is 1. The maximum absolute atomic E-state index is 12.0. The number of anilines is 1. The lowest BCUT2D eigenvalue weighted by Gasteiger charge is -2.16. The number of nitrogens with zero attached hydrogens (tertiary/aromatic N) is 4. The van der Waals surface area contributed by atoms with Crippen molar-refractivity contribution in [3.8, 4) is 11.4 Å². The van der Waals surface area contributed by atoms with Gasteiger partial charge in [0.25, 0.3) is 0 Å². The average Bonchev–Trinajstić information content (AvgIpc) is 2.99. The Labute approximate surface area is 150 Å². The molecule has 1 aliphatic rings. The molecule has 0 radical (unpaired) electrons. The van der Waals surface area contributed by atoms with Gasteiger partial charge >= 0.3 is 5.97 Å². The predicted molar refractivity (Wildman–Crippen MR) is 92.7 cm³/mol. The summed E-state index contributed by atoms with van der Waals surface area (Å²) in [6.45, 7) is 1.61. The van der Waals surface area contributed by atoms with Crippen molar-refractivity contribution in [1.29, 1.82) is 0 Å². The molecule has 1 amide bonds. The van der Waals surface area contributed by atoms with E-state index in [1.54, 1.807) is 24.3 Å². The highest BCUT2D eigenvalue weighted by Crippen LogP contribution is 2.19. The summed E-state index contributed by atoms with van der Waals surface area (Å²) in [5, 5.41) is 12.2. The molecular formula is C17H19N5O4. The maximum Gasteiger partial charge on any atom is 0.335 e. The summed E-state index contributed by atoms with van der Waals surface area (Å²) in [5.41, 5.74) is 1.09. The Morgan fingerprint density at radius 1 is 1.35 bits per heavy atom. The van der Waals surface area contributed by atoms with E-state index in [4.69, 9.17) is 9.84 Å². The van der Waals surface area contributed by atoms with Crippen LogP contribution in [0.2, 0.25) is 0 Å². The largest absolute Gasteiger partial charge is 0.478 e. The highest BCUT2D eigenvalue weighted by molar-refractivity contribution is 5.88. The van der Waals surface area contributed by atoms with Crippen LogP contribution in [0, 0.1) is 0 Å². The van der Waals surface area contributed by atoms with Crippen LogP contribution < -0.4 is 5.32 Å². The highest BCUT2D eigenvalue weighted by Gasteiger charge is 2.29. The number of carbonyl (C=O) groups is 2. The number of pyridine rings is 1. The molecule has 1 aliphatic heterocycles. The van der Waals surface area contributed by atoms with Gasteiger partial charge in [-0.25, -0.2) is 14.8 Å². The molecule has 9 nitrogen and oxygen atoms in total. The van der Waals surface area contributed by atoms with Crippen LogP contribution >= 0.6 is 0 Å². The maximum atomic E-state index is 12.0. The Balaban J connectivity index is 1.71. The van der Waals surface area contributed by atoms with E-state index in [0.29, 0.717) is 43.5 Å². The molecule has 2 N–H and O–H groups in total. The van der Waals surface area contributed by atoms with E-state index in [-0.39, 0.29) is 17.5 Å². The van der Waals surface area contributed by atoms with E-state index in [0.717, 1.165) is 0 Å². The molecule has 1 atom stereocenters. The molecule has 0 aromatic carbocycles. The van der Waals surface area contributed by atoms with Crippen molar-refractivity contribution in [2.24, 2.45) is 0 Å². The van der Waals surface area contributed by atoms with Crippen LogP contribution in [0.1, 0.15) is 16.8 Å². The minimum absolute atomic E-state index is 0.0616. The molecule has 0 aliphatic carbocycles. The first-order valence-electron chi connectivity index (χ1n) is 8.13. The quantitative estimate of drug-likeness (QED) is 0.750. The molecule has 2 aromatic rings. The lowest BCUT2D eigenvalue weighted by atomic mass is 10.2. The van der Waals surface area contributed by atoms with Crippen molar-refractivity contribution in [2.75, 3.05) is 32.1 Å². The highest BCUT2D eigenvalue weighted by atomic mass is 16.5. The Hall–Kier alpha value is -3.07. The number of carbonyl (C=O) groups excluding carboxylic acids is 1. The first-order chi connectivity index (χ1) is 12.6. The molecule has 3 heterocycles. The Bertz CT molecular complexity index is 813. The van der Waals surface area contributed by atoms with E-state index in [2.05, 4.69) is 20.3 Å². The van der Waals surface area contributed by atoms with Gasteiger partial charge in [0, 0.05) is 39.0 Å². The second kappa shape index (κ2) is 7.87. The van der Waals surface area contributed by atoms with Crippen LogP contribution in [0.4, 0.5) is 5.95 Å². The van der Waals surface area contributed by atoms with Crippen LogP contribution in [-0.2, 0) is 9.53 Å². The number of hydrogen-bond acceptors (Lipinski definition) is 7. The van der Waals surface area contributed by atoms with Crippen molar-refractivity contribution in [1.82, 2.24) is 19.9 Å². The molecule has 1 fully saturated rings. The molecule has 0 bridgehead atoms. The van der Waals surface area contributed by atoms with Gasteiger partial charge in [0.05, 0.1) is 29.6 Å². The molecule has 3 rings (SSSR count). The third kappa shape index (κ3) is 4.12. The minimum atomic E-state index is -1.03. The number of methoxy groups -OCH3 is 1. The summed E-state index contributed by atoms with van der Waals surface area (Å²) in [6, 6.07) is 4.45. The van der Waals surface area contributed by atoms with E-state index >= 15 is 0 Å². The summed E-state index contributed by atoms with van der Waals surface area (Å²) < 4.78 is 5.01. The van der Waals surface area contributed by atoms with Crippen molar-refractivity contribution in [2.45, 2.75) is 12.5 Å². The topological polar surface area (TPSA) is 118 Å². The first-order valence-corrected chi connectivity index (χ1v) is 8.13. The zero-order valence-electron chi connectivity index (χ0n) is 14.3. The smallest absolute Gasteiger partial charge is 0.335 e. The van der Waals surface area contributed by atoms with Crippen LogP contribution in [0.15, 0.2) is 30.6 Å². The van der Waals surface area contributed by atoms with Crippen LogP contribution in [-0.4, -0.2) is 69.7 Å². The van der Waals surface area contributed by atoms with Crippen LogP contribution in [0.3, 0.4) is 0 Å². The zero-order valence-corrected chi connectivity index (χ0v) is 14.3. The van der Waals surface area contributed by atoms with E-state index in [9.17, 15) is 9.59 Å². The number of amides is 1. The number of hydrogen-bond donors (Lipinski definition) is 2. The second-order valence-electron chi connectivity index (χ2n) is 5.88. The average molecular weight is 357 g/mol. The van der Waals surface area contributed by atoms with Gasteiger partial charge in [0.1, 0.15) is 0 Å². The van der Waals surface area contributed by atoms with Gasteiger partial charge in [-0.1, -0.05) is 0 Å². The van der Waals surface area contributed by atoms with Crippen molar-refractivity contribution < 1.29 is 19.4 Å². The standard InChI is InChI=1S/C17H19N5O4/c1-26-7-6-22-10-12(9-15(22)23)20-17-19-5-3-13(21-17)14-8-11(16(24)25)2-4-18-14/h2-5,8,12H,6-7,9-10H2,1H3,(H,24,25)(H,19,20,21). The van der Waals surface area contributed by atoms with Crippen LogP contribution in [0.25, 0.3) is 11.4 Å². The molecule has 2 aromatic heterocycles. The lowest BCUT2D eigenvalue weighted by Crippen LogP contribution is -2.31. The third-order valence-electron chi connectivity index (χ3n) is 4.04. The monoisotopic (exact) mass is 357 g/mol. The normalized spacial score (nSPS) is 16.7. The van der Waals surface area contributed by atoms with E-state index < -0.39 is 5.97 Å². The molecule has 26 heavy (non-hydrogen) atoms. The fourth-order valence-corrected chi connectivity index (χ4v) is 2.74. The van der Waals surface area contributed by atoms with Crippen LogP contribution in [0.5, 0.6) is 0 Å². The number of rotatable bonds is 7. The van der Waals surface area contributed by atoms with E-state index in [1.807, 2.05) is 0 Å². The number of likely N-dealkylation sites (tertiary alicyclic amines) is 1. The molecular weight excluding hydrogens is 338 g/mol. The fraction of sp³-hybridized carbons (Fsp3) is 0.353. The van der Waals surface area contributed by atoms with Crippen molar-refractivity contribution in [3.63, 3.8) is 0 Å². The summed E-state index contributed by atoms with van der Waals surface area (Å²) in [4.78, 5) is 37.6. The fourth-order valence-electron chi connectivity index (χ4n) is 2.74. The molecule has 0 spiro atoms. The molecule has 136 valence electrons. The number of carboxylic acids is 1. The van der Waals surface area contributed by atoms with Gasteiger partial charge in [-0.15, -0.1) is 0 Å². The third-order valence-corrected chi connectivity index (χ3v) is 4.04. The molecule has 1 saturated heterocycles. The van der Waals surface area contributed by atoms with Gasteiger partial charge in [0.15, 0.2) is 0 Å². The minimum Gasteiger partial charge on any atom is -0.478 e. The van der Waals surface area contributed by atoms with E-state index in [1.165, 1.54) is 18.3 Å². The Morgan fingerprint density at radius 3 is 2.92 bits per heavy atom. The number of aromatic carboxylic acids is 1. The van der Waals surface area contributed by atoms with Gasteiger partial charge in [-0.2, -0.15) is 0 Å². The Morgan fingerprint density at radius 2 is 2.15 bits per heavy atom. The van der Waals surface area contributed by atoms with Crippen molar-refractivity contribution in [3.05, 3.63) is 36.2 Å². The molecule has 1 unspecified atom stereocenters. The number of aromatic nitrogens is 3. The number of ether oxygens (including phenoxy) is 1. The SMILES string of the molecule is COCCN1CC(Nc2nccc(-c3cc(C(=O)O)ccn3)n2)CC1=O. The summed E-state index contributed by atoms with van der Waals surface area (Å²) >= 11 is 0. The second-order valence-corrected chi connectivity index (χ2v) is 5.88. The molecule has 0 saturated carbocycles. The van der Waals surface area contributed by atoms with Crippen molar-refractivity contribution >= 4 is 17.8 Å². The molecule has 9 heteroatoms. The van der Waals surface area contributed by atoms with Gasteiger partial charge in [-0.3, -0.25) is 9.78 Å². The summed E-state index contributed by atoms with van der Waals surface area (Å²) in [6.07, 6.45) is 3.36.